The third kappa shape index (κ3) is 5.46. The van der Waals surface area contributed by atoms with Gasteiger partial charge in [-0.25, -0.2) is 4.39 Å². The summed E-state index contributed by atoms with van der Waals surface area (Å²) in [6.45, 7) is 4.90. The van der Waals surface area contributed by atoms with E-state index >= 15 is 0 Å². The lowest BCUT2D eigenvalue weighted by Gasteiger charge is -2.49. The predicted molar refractivity (Wildman–Crippen MR) is 123 cm³/mol. The van der Waals surface area contributed by atoms with Crippen molar-refractivity contribution in [3.05, 3.63) is 81.7 Å². The maximum atomic E-state index is 14.4. The van der Waals surface area contributed by atoms with E-state index < -0.39 is 16.3 Å². The zero-order valence-corrected chi connectivity index (χ0v) is 18.7. The second kappa shape index (κ2) is 9.80. The van der Waals surface area contributed by atoms with E-state index in [-0.39, 0.29) is 23.3 Å². The maximum absolute atomic E-state index is 14.4. The van der Waals surface area contributed by atoms with Crippen LogP contribution in [0.3, 0.4) is 0 Å². The number of hydrogen-bond acceptors (Lipinski definition) is 5. The largest absolute Gasteiger partial charge is 0.365 e. The summed E-state index contributed by atoms with van der Waals surface area (Å²) in [7, 11) is 0. The number of morpholine rings is 1. The lowest BCUT2D eigenvalue weighted by molar-refractivity contribution is -0.385. The van der Waals surface area contributed by atoms with Crippen molar-refractivity contribution in [2.75, 3.05) is 26.2 Å². The van der Waals surface area contributed by atoms with Gasteiger partial charge in [-0.15, -0.1) is 0 Å². The van der Waals surface area contributed by atoms with Crippen LogP contribution >= 0.6 is 0 Å². The van der Waals surface area contributed by atoms with Gasteiger partial charge < -0.3 is 9.64 Å². The summed E-state index contributed by atoms with van der Waals surface area (Å²) in [4.78, 5) is 26.7. The Labute approximate surface area is 192 Å². The van der Waals surface area contributed by atoms with E-state index in [0.717, 1.165) is 13.1 Å². The second-order valence-electron chi connectivity index (χ2n) is 8.79. The molecule has 8 heteroatoms. The lowest BCUT2D eigenvalue weighted by atomic mass is 9.88. The van der Waals surface area contributed by atoms with Gasteiger partial charge in [-0.1, -0.05) is 42.5 Å². The highest BCUT2D eigenvalue weighted by molar-refractivity contribution is 5.73. The first-order valence-corrected chi connectivity index (χ1v) is 11.2. The topological polar surface area (TPSA) is 75.9 Å². The number of nitro benzene ring substituents is 1. The van der Waals surface area contributed by atoms with Gasteiger partial charge in [0.15, 0.2) is 0 Å². The van der Waals surface area contributed by atoms with Crippen LogP contribution in [0.25, 0.3) is 6.08 Å². The summed E-state index contributed by atoms with van der Waals surface area (Å²) in [6.07, 6.45) is 4.25. The highest BCUT2D eigenvalue weighted by Gasteiger charge is 2.42. The van der Waals surface area contributed by atoms with Crippen LogP contribution in [0.4, 0.5) is 10.1 Å². The van der Waals surface area contributed by atoms with Gasteiger partial charge in [-0.05, 0) is 30.5 Å². The molecule has 174 valence electrons. The Hall–Kier alpha value is -3.10. The van der Waals surface area contributed by atoms with Gasteiger partial charge >= 0.3 is 0 Å². The molecule has 2 aliphatic heterocycles. The van der Waals surface area contributed by atoms with E-state index in [2.05, 4.69) is 17.0 Å². The number of hydrogen-bond donors (Lipinski definition) is 0. The van der Waals surface area contributed by atoms with Gasteiger partial charge in [0.25, 0.3) is 5.69 Å². The van der Waals surface area contributed by atoms with Crippen LogP contribution in [0.5, 0.6) is 0 Å². The molecule has 0 radical (unpaired) electrons. The normalized spacial score (nSPS) is 20.9. The molecule has 0 N–H and O–H groups in total. The number of ether oxygens (including phenoxy) is 1. The van der Waals surface area contributed by atoms with Gasteiger partial charge in [-0.3, -0.25) is 19.8 Å². The molecular formula is C25H28FN3O4. The van der Waals surface area contributed by atoms with E-state index in [4.69, 9.17) is 4.74 Å². The molecule has 1 atom stereocenters. The van der Waals surface area contributed by atoms with Gasteiger partial charge in [-0.2, -0.15) is 0 Å². The summed E-state index contributed by atoms with van der Waals surface area (Å²) in [6, 6.07) is 14.0. The fraction of sp³-hybridized carbons (Fsp3) is 0.400. The molecule has 1 unspecified atom stereocenters. The minimum atomic E-state index is -0.637. The van der Waals surface area contributed by atoms with Crippen LogP contribution in [-0.2, 0) is 16.1 Å². The number of amides is 1. The monoisotopic (exact) mass is 453 g/mol. The van der Waals surface area contributed by atoms with Crippen LogP contribution in [0.15, 0.2) is 54.6 Å². The smallest absolute Gasteiger partial charge is 0.279 e. The average molecular weight is 454 g/mol. The highest BCUT2D eigenvalue weighted by atomic mass is 19.1. The van der Waals surface area contributed by atoms with Crippen molar-refractivity contribution < 1.29 is 18.8 Å². The third-order valence-electron chi connectivity index (χ3n) is 6.42. The number of likely N-dealkylation sites (tertiary alicyclic amines) is 1. The summed E-state index contributed by atoms with van der Waals surface area (Å²) >= 11 is 0. The van der Waals surface area contributed by atoms with Crippen LogP contribution in [-0.4, -0.2) is 58.5 Å². The number of carbonyl (C=O) groups excluding carboxylic acids is 1. The quantitative estimate of drug-likeness (QED) is 0.505. The van der Waals surface area contributed by atoms with Crippen molar-refractivity contribution in [1.29, 1.82) is 0 Å². The first kappa shape index (κ1) is 23.1. The molecule has 2 aromatic rings. The minimum Gasteiger partial charge on any atom is -0.365 e. The molecule has 2 heterocycles. The summed E-state index contributed by atoms with van der Waals surface area (Å²) in [5.41, 5.74) is 0.442. The number of halogens is 1. The van der Waals surface area contributed by atoms with E-state index in [0.29, 0.717) is 32.5 Å². The Morgan fingerprint density at radius 2 is 1.94 bits per heavy atom. The molecular weight excluding hydrogens is 425 g/mol. The molecule has 0 saturated carbocycles. The minimum absolute atomic E-state index is 0.0493. The van der Waals surface area contributed by atoms with Crippen molar-refractivity contribution in [2.45, 2.75) is 38.0 Å². The lowest BCUT2D eigenvalue weighted by Crippen LogP contribution is -2.59. The molecule has 2 aromatic carbocycles. The molecule has 2 aliphatic rings. The molecule has 0 bridgehead atoms. The summed E-state index contributed by atoms with van der Waals surface area (Å²) < 4.78 is 20.9. The molecule has 33 heavy (non-hydrogen) atoms. The molecule has 2 fully saturated rings. The number of rotatable bonds is 5. The fourth-order valence-electron chi connectivity index (χ4n) is 4.74. The Morgan fingerprint density at radius 3 is 2.61 bits per heavy atom. The standard InChI is InChI=1S/C25H28FN3O4/c1-19(30)28-14-12-25(13-15-28)18-27(16-20-6-3-2-4-7-20)17-21(33-25)10-11-22-23(26)8-5-9-24(22)29(31)32/h2-11,21H,12-18H2,1H3. The van der Waals surface area contributed by atoms with Gasteiger partial charge in [0.1, 0.15) is 5.82 Å². The maximum Gasteiger partial charge on any atom is 0.279 e. The summed E-state index contributed by atoms with van der Waals surface area (Å²) in [5, 5.41) is 11.3. The predicted octanol–water partition coefficient (Wildman–Crippen LogP) is 4.03. The van der Waals surface area contributed by atoms with Crippen molar-refractivity contribution in [3.63, 3.8) is 0 Å². The first-order chi connectivity index (χ1) is 15.8. The Bertz CT molecular complexity index is 1040. The molecule has 0 aliphatic carbocycles. The molecule has 2 saturated heterocycles. The SMILES string of the molecule is CC(=O)N1CCC2(CC1)CN(Cc1ccccc1)CC(C=Cc1c(F)cccc1[N+](=O)[O-])O2. The third-order valence-corrected chi connectivity index (χ3v) is 6.42. The zero-order chi connectivity index (χ0) is 23.4. The van der Waals surface area contributed by atoms with Crippen molar-refractivity contribution in [2.24, 2.45) is 0 Å². The highest BCUT2D eigenvalue weighted by Crippen LogP contribution is 2.34. The molecule has 0 aromatic heterocycles. The number of carbonyl (C=O) groups is 1. The number of piperidine rings is 1. The van der Waals surface area contributed by atoms with Gasteiger partial charge in [0, 0.05) is 45.7 Å². The van der Waals surface area contributed by atoms with Crippen molar-refractivity contribution in [3.8, 4) is 0 Å². The van der Waals surface area contributed by atoms with E-state index in [9.17, 15) is 19.3 Å². The van der Waals surface area contributed by atoms with Crippen LogP contribution in [0.1, 0.15) is 30.9 Å². The van der Waals surface area contributed by atoms with Crippen LogP contribution in [0, 0.1) is 15.9 Å². The summed E-state index contributed by atoms with van der Waals surface area (Å²) in [5.74, 6) is -0.577. The van der Waals surface area contributed by atoms with E-state index in [1.165, 1.54) is 29.8 Å². The van der Waals surface area contributed by atoms with Crippen molar-refractivity contribution in [1.82, 2.24) is 9.80 Å². The molecule has 7 nitrogen and oxygen atoms in total. The Kier molecular flexibility index (Phi) is 6.85. The first-order valence-electron chi connectivity index (χ1n) is 11.2. The number of benzene rings is 2. The number of nitrogens with zero attached hydrogens (tertiary/aromatic N) is 3. The van der Waals surface area contributed by atoms with E-state index in [1.807, 2.05) is 23.1 Å². The molecule has 1 amide bonds. The zero-order valence-electron chi connectivity index (χ0n) is 18.7. The molecule has 1 spiro atoms. The van der Waals surface area contributed by atoms with E-state index in [1.54, 1.807) is 13.0 Å². The van der Waals surface area contributed by atoms with Gasteiger partial charge in [0.05, 0.1) is 22.2 Å². The van der Waals surface area contributed by atoms with Crippen LogP contribution < -0.4 is 0 Å². The van der Waals surface area contributed by atoms with Crippen molar-refractivity contribution >= 4 is 17.7 Å². The fourth-order valence-corrected chi connectivity index (χ4v) is 4.74. The Morgan fingerprint density at radius 1 is 1.21 bits per heavy atom. The number of nitro groups is 1. The average Bonchev–Trinajstić information content (AvgIpc) is 2.79. The van der Waals surface area contributed by atoms with Crippen LogP contribution in [0.2, 0.25) is 0 Å². The second-order valence-corrected chi connectivity index (χ2v) is 8.79. The Balaban J connectivity index is 1.57. The molecule has 4 rings (SSSR count). The van der Waals surface area contributed by atoms with Gasteiger partial charge in [0.2, 0.25) is 5.91 Å².